The zero-order chi connectivity index (χ0) is 13.1. The molecule has 5 nitrogen and oxygen atoms in total. The predicted molar refractivity (Wildman–Crippen MR) is 76.1 cm³/mol. The lowest BCUT2D eigenvalue weighted by Crippen LogP contribution is -2.41. The summed E-state index contributed by atoms with van der Waals surface area (Å²) >= 11 is 0. The molecular formula is C14H19N5. The van der Waals surface area contributed by atoms with E-state index in [1.165, 1.54) is 0 Å². The van der Waals surface area contributed by atoms with Crippen LogP contribution in [0, 0.1) is 0 Å². The monoisotopic (exact) mass is 257 g/mol. The second-order valence-corrected chi connectivity index (χ2v) is 4.90. The van der Waals surface area contributed by atoms with Crippen LogP contribution in [0.3, 0.4) is 0 Å². The van der Waals surface area contributed by atoms with Crippen LogP contribution in [-0.2, 0) is 0 Å². The first-order valence-electron chi connectivity index (χ1n) is 6.77. The Morgan fingerprint density at radius 3 is 2.63 bits per heavy atom. The fourth-order valence-electron chi connectivity index (χ4n) is 2.49. The first-order valence-corrected chi connectivity index (χ1v) is 6.77. The van der Waals surface area contributed by atoms with Crippen molar-refractivity contribution in [3.05, 3.63) is 30.3 Å². The second-order valence-electron chi connectivity index (χ2n) is 4.90. The maximum Gasteiger partial charge on any atom is 0.245 e. The largest absolute Gasteiger partial charge is 0.339 e. The second kappa shape index (κ2) is 5.40. The topological polar surface area (TPSA) is 56.8 Å². The molecule has 0 bridgehead atoms. The molecule has 1 saturated heterocycles. The zero-order valence-corrected chi connectivity index (χ0v) is 11.1. The molecule has 0 radical (unpaired) electrons. The Labute approximate surface area is 113 Å². The van der Waals surface area contributed by atoms with Crippen molar-refractivity contribution in [2.75, 3.05) is 25.0 Å². The maximum absolute atomic E-state index is 4.59. The van der Waals surface area contributed by atoms with E-state index in [1.807, 2.05) is 37.4 Å². The van der Waals surface area contributed by atoms with Crippen LogP contribution in [0.4, 0.5) is 5.95 Å². The van der Waals surface area contributed by atoms with Gasteiger partial charge in [0, 0.05) is 24.7 Å². The third-order valence-corrected chi connectivity index (χ3v) is 3.71. The van der Waals surface area contributed by atoms with E-state index in [9.17, 15) is 0 Å². The van der Waals surface area contributed by atoms with Gasteiger partial charge >= 0.3 is 0 Å². The lowest BCUT2D eigenvalue weighted by Gasteiger charge is -2.30. The third kappa shape index (κ3) is 2.61. The summed E-state index contributed by atoms with van der Waals surface area (Å²) in [6.45, 7) is 2.02. The molecule has 2 aromatic rings. The summed E-state index contributed by atoms with van der Waals surface area (Å²) in [5, 5.41) is 10.7. The Balaban J connectivity index is 1.72. The van der Waals surface area contributed by atoms with Gasteiger partial charge in [-0.05, 0) is 19.9 Å². The summed E-state index contributed by atoms with van der Waals surface area (Å²) in [5.74, 6) is 1.65. The van der Waals surface area contributed by atoms with Gasteiger partial charge in [-0.3, -0.25) is 5.10 Å². The van der Waals surface area contributed by atoms with Crippen molar-refractivity contribution in [1.82, 2.24) is 20.5 Å². The first-order chi connectivity index (χ1) is 9.36. The molecule has 0 spiro atoms. The molecule has 1 aliphatic rings. The van der Waals surface area contributed by atoms with Crippen molar-refractivity contribution in [1.29, 1.82) is 0 Å². The minimum absolute atomic E-state index is 0.629. The van der Waals surface area contributed by atoms with E-state index >= 15 is 0 Å². The van der Waals surface area contributed by atoms with Crippen LogP contribution in [0.15, 0.2) is 30.3 Å². The van der Waals surface area contributed by atoms with Crippen molar-refractivity contribution in [2.45, 2.75) is 18.9 Å². The summed E-state index contributed by atoms with van der Waals surface area (Å²) in [6, 6.07) is 10.7. The number of nitrogens with one attached hydrogen (secondary N) is 2. The van der Waals surface area contributed by atoms with E-state index < -0.39 is 0 Å². The standard InChI is InChI=1S/C14H19N5/c1-15-12-7-9-19(10-8-12)14-16-13(17-18-14)11-5-3-2-4-6-11/h2-6,12,15H,7-10H2,1H3,(H,16,17,18). The highest BCUT2D eigenvalue weighted by Gasteiger charge is 2.20. The van der Waals surface area contributed by atoms with Crippen LogP contribution in [0.5, 0.6) is 0 Å². The molecule has 0 saturated carbocycles. The molecular weight excluding hydrogens is 238 g/mol. The third-order valence-electron chi connectivity index (χ3n) is 3.71. The summed E-state index contributed by atoms with van der Waals surface area (Å²) < 4.78 is 0. The van der Waals surface area contributed by atoms with Gasteiger partial charge in [0.15, 0.2) is 5.82 Å². The molecule has 2 heterocycles. The Hall–Kier alpha value is -1.88. The number of aromatic amines is 1. The summed E-state index contributed by atoms with van der Waals surface area (Å²) in [7, 11) is 2.03. The molecule has 1 aliphatic heterocycles. The van der Waals surface area contributed by atoms with Crippen LogP contribution < -0.4 is 10.2 Å². The molecule has 1 aromatic carbocycles. The fraction of sp³-hybridized carbons (Fsp3) is 0.429. The van der Waals surface area contributed by atoms with E-state index in [0.717, 1.165) is 43.3 Å². The highest BCUT2D eigenvalue weighted by molar-refractivity contribution is 5.56. The van der Waals surface area contributed by atoms with Gasteiger partial charge in [-0.2, -0.15) is 4.98 Å². The van der Waals surface area contributed by atoms with E-state index in [1.54, 1.807) is 0 Å². The molecule has 5 heteroatoms. The van der Waals surface area contributed by atoms with E-state index in [0.29, 0.717) is 6.04 Å². The Kier molecular flexibility index (Phi) is 3.46. The van der Waals surface area contributed by atoms with Crippen LogP contribution in [0.2, 0.25) is 0 Å². The van der Waals surface area contributed by atoms with Gasteiger partial charge in [-0.25, -0.2) is 0 Å². The van der Waals surface area contributed by atoms with Gasteiger partial charge in [0.1, 0.15) is 0 Å². The van der Waals surface area contributed by atoms with Crippen LogP contribution in [0.1, 0.15) is 12.8 Å². The minimum Gasteiger partial charge on any atom is -0.339 e. The lowest BCUT2D eigenvalue weighted by molar-refractivity contribution is 0.439. The number of rotatable bonds is 3. The minimum atomic E-state index is 0.629. The van der Waals surface area contributed by atoms with Gasteiger partial charge in [-0.15, -0.1) is 5.10 Å². The number of piperidine rings is 1. The molecule has 2 N–H and O–H groups in total. The maximum atomic E-state index is 4.59. The quantitative estimate of drug-likeness (QED) is 0.878. The molecule has 1 aromatic heterocycles. The smallest absolute Gasteiger partial charge is 0.245 e. The SMILES string of the molecule is CNC1CCN(c2n[nH]c(-c3ccccc3)n2)CC1. The van der Waals surface area contributed by atoms with Crippen LogP contribution >= 0.6 is 0 Å². The number of nitrogens with zero attached hydrogens (tertiary/aromatic N) is 3. The highest BCUT2D eigenvalue weighted by Crippen LogP contribution is 2.20. The number of hydrogen-bond donors (Lipinski definition) is 2. The fourth-order valence-corrected chi connectivity index (χ4v) is 2.49. The summed E-state index contributed by atoms with van der Waals surface area (Å²) in [6.07, 6.45) is 2.29. The van der Waals surface area contributed by atoms with Gasteiger partial charge in [0.2, 0.25) is 5.95 Å². The predicted octanol–water partition coefficient (Wildman–Crippen LogP) is 1.66. The molecule has 19 heavy (non-hydrogen) atoms. The zero-order valence-electron chi connectivity index (χ0n) is 11.1. The van der Waals surface area contributed by atoms with Gasteiger partial charge in [-0.1, -0.05) is 30.3 Å². The molecule has 3 rings (SSSR count). The summed E-state index contributed by atoms with van der Waals surface area (Å²) in [4.78, 5) is 6.84. The Morgan fingerprint density at radius 1 is 1.21 bits per heavy atom. The Morgan fingerprint density at radius 2 is 1.95 bits per heavy atom. The normalized spacial score (nSPS) is 16.8. The van der Waals surface area contributed by atoms with Gasteiger partial charge in [0.05, 0.1) is 0 Å². The van der Waals surface area contributed by atoms with E-state index in [-0.39, 0.29) is 0 Å². The number of benzene rings is 1. The van der Waals surface area contributed by atoms with E-state index in [4.69, 9.17) is 0 Å². The van der Waals surface area contributed by atoms with Gasteiger partial charge in [0.25, 0.3) is 0 Å². The molecule has 0 amide bonds. The molecule has 0 atom stereocenters. The Bertz CT molecular complexity index is 514. The summed E-state index contributed by atoms with van der Waals surface area (Å²) in [5.41, 5.74) is 1.08. The van der Waals surface area contributed by atoms with Crippen molar-refractivity contribution in [3.63, 3.8) is 0 Å². The average Bonchev–Trinajstić information content (AvgIpc) is 2.98. The molecule has 1 fully saturated rings. The number of hydrogen-bond acceptors (Lipinski definition) is 4. The van der Waals surface area contributed by atoms with E-state index in [2.05, 4.69) is 25.4 Å². The van der Waals surface area contributed by atoms with Crippen molar-refractivity contribution in [2.24, 2.45) is 0 Å². The van der Waals surface area contributed by atoms with Crippen LogP contribution in [-0.4, -0.2) is 41.4 Å². The van der Waals surface area contributed by atoms with Crippen molar-refractivity contribution >= 4 is 5.95 Å². The first kappa shape index (κ1) is 12.2. The molecule has 0 unspecified atom stereocenters. The van der Waals surface area contributed by atoms with Crippen molar-refractivity contribution in [3.8, 4) is 11.4 Å². The molecule has 0 aliphatic carbocycles. The number of anilines is 1. The van der Waals surface area contributed by atoms with Crippen molar-refractivity contribution < 1.29 is 0 Å². The number of aromatic nitrogens is 3. The lowest BCUT2D eigenvalue weighted by atomic mass is 10.1. The van der Waals surface area contributed by atoms with Gasteiger partial charge < -0.3 is 10.2 Å². The van der Waals surface area contributed by atoms with Crippen LogP contribution in [0.25, 0.3) is 11.4 Å². The molecule has 100 valence electrons. The highest BCUT2D eigenvalue weighted by atomic mass is 15.4. The number of H-pyrrole nitrogens is 1. The average molecular weight is 257 g/mol.